The number of aromatic nitrogens is 3. The molecule has 1 spiro atoms. The van der Waals surface area contributed by atoms with Gasteiger partial charge in [0.15, 0.2) is 0 Å². The minimum absolute atomic E-state index is 0.0818. The number of nitrogens with zero attached hydrogens (tertiary/aromatic N) is 4. The van der Waals surface area contributed by atoms with Gasteiger partial charge >= 0.3 is 0 Å². The zero-order valence-corrected chi connectivity index (χ0v) is 19.1. The standard InChI is InChI=1S/C20H30N4O3S2/c1-4-17-11-18-19(28-17)5-9-27-20(18)6-7-23(15(2)12-20)13-16-14-24(22-21-16)8-10-29(3,25)26/h11,14-15H,4-10,12-13H2,1-3H3/t15-,20+/m0/s1. The topological polar surface area (TPSA) is 77.3 Å². The fourth-order valence-electron chi connectivity index (χ4n) is 4.50. The van der Waals surface area contributed by atoms with E-state index >= 15 is 0 Å². The van der Waals surface area contributed by atoms with Gasteiger partial charge in [-0.25, -0.2) is 8.42 Å². The van der Waals surface area contributed by atoms with E-state index in [0.29, 0.717) is 12.6 Å². The number of rotatable bonds is 6. The highest BCUT2D eigenvalue weighted by molar-refractivity contribution is 7.90. The van der Waals surface area contributed by atoms with E-state index < -0.39 is 9.84 Å². The van der Waals surface area contributed by atoms with Gasteiger partial charge in [-0.2, -0.15) is 0 Å². The average Bonchev–Trinajstić information content (AvgIpc) is 3.29. The van der Waals surface area contributed by atoms with Gasteiger partial charge in [-0.05, 0) is 37.8 Å². The van der Waals surface area contributed by atoms with Crippen molar-refractivity contribution < 1.29 is 13.2 Å². The maximum absolute atomic E-state index is 11.3. The van der Waals surface area contributed by atoms with Crippen molar-refractivity contribution in [3.63, 3.8) is 0 Å². The fourth-order valence-corrected chi connectivity index (χ4v) is 6.19. The summed E-state index contributed by atoms with van der Waals surface area (Å²) >= 11 is 1.96. The molecule has 0 unspecified atom stereocenters. The molecule has 0 saturated carbocycles. The van der Waals surface area contributed by atoms with Crippen LogP contribution in [0.15, 0.2) is 12.3 Å². The third-order valence-corrected chi connectivity index (χ3v) is 8.36. The van der Waals surface area contributed by atoms with Crippen LogP contribution < -0.4 is 0 Å². The summed E-state index contributed by atoms with van der Waals surface area (Å²) in [5.41, 5.74) is 2.18. The normalized spacial score (nSPS) is 25.4. The minimum atomic E-state index is -3.00. The summed E-state index contributed by atoms with van der Waals surface area (Å²) < 4.78 is 30.7. The number of aryl methyl sites for hydroxylation is 2. The van der Waals surface area contributed by atoms with Crippen molar-refractivity contribution in [3.05, 3.63) is 33.3 Å². The average molecular weight is 439 g/mol. The van der Waals surface area contributed by atoms with Gasteiger partial charge in [-0.15, -0.1) is 16.4 Å². The van der Waals surface area contributed by atoms with Crippen LogP contribution in [0.25, 0.3) is 0 Å². The smallest absolute Gasteiger partial charge is 0.149 e. The van der Waals surface area contributed by atoms with Crippen molar-refractivity contribution in [2.75, 3.05) is 25.2 Å². The number of fused-ring (bicyclic) bond motifs is 2. The number of hydrogen-bond donors (Lipinski definition) is 0. The molecule has 2 atom stereocenters. The van der Waals surface area contributed by atoms with E-state index in [1.54, 1.807) is 4.68 Å². The highest BCUT2D eigenvalue weighted by Crippen LogP contribution is 2.46. The van der Waals surface area contributed by atoms with Crippen LogP contribution in [0.2, 0.25) is 0 Å². The second kappa shape index (κ2) is 8.09. The SMILES string of the molecule is CCc1cc2c(s1)CCO[C@@]21CCN(Cc2cn(CCS(C)(=O)=O)nn2)[C@@H](C)C1. The Balaban J connectivity index is 1.42. The Morgan fingerprint density at radius 3 is 2.97 bits per heavy atom. The van der Waals surface area contributed by atoms with Gasteiger partial charge in [0, 0.05) is 47.8 Å². The molecule has 0 aliphatic carbocycles. The molecule has 0 N–H and O–H groups in total. The highest BCUT2D eigenvalue weighted by Gasteiger charge is 2.44. The van der Waals surface area contributed by atoms with Crippen molar-refractivity contribution in [2.24, 2.45) is 0 Å². The van der Waals surface area contributed by atoms with E-state index in [1.807, 2.05) is 17.5 Å². The van der Waals surface area contributed by atoms with Crippen LogP contribution in [0.3, 0.4) is 0 Å². The predicted molar refractivity (Wildman–Crippen MR) is 114 cm³/mol. The number of thiophene rings is 1. The van der Waals surface area contributed by atoms with Gasteiger partial charge in [0.25, 0.3) is 0 Å². The molecule has 9 heteroatoms. The van der Waals surface area contributed by atoms with Gasteiger partial charge in [0.1, 0.15) is 9.84 Å². The van der Waals surface area contributed by atoms with Crippen LogP contribution in [0, 0.1) is 0 Å². The molecule has 1 saturated heterocycles. The van der Waals surface area contributed by atoms with Crippen LogP contribution in [-0.4, -0.2) is 59.5 Å². The monoisotopic (exact) mass is 438 g/mol. The number of likely N-dealkylation sites (tertiary alicyclic amines) is 1. The summed E-state index contributed by atoms with van der Waals surface area (Å²) in [6.07, 6.45) is 7.21. The number of piperidine rings is 1. The molecule has 4 rings (SSSR count). The molecule has 160 valence electrons. The van der Waals surface area contributed by atoms with Crippen LogP contribution in [0.5, 0.6) is 0 Å². The van der Waals surface area contributed by atoms with Gasteiger partial charge < -0.3 is 4.74 Å². The summed E-state index contributed by atoms with van der Waals surface area (Å²) in [5.74, 6) is 0.0818. The molecule has 7 nitrogen and oxygen atoms in total. The Morgan fingerprint density at radius 1 is 1.41 bits per heavy atom. The molecule has 0 amide bonds. The quantitative estimate of drug-likeness (QED) is 0.689. The molecule has 2 aliphatic rings. The molecule has 0 aromatic carbocycles. The lowest BCUT2D eigenvalue weighted by molar-refractivity contribution is -0.112. The second-order valence-corrected chi connectivity index (χ2v) is 11.9. The Labute approximate surface area is 177 Å². The van der Waals surface area contributed by atoms with E-state index in [9.17, 15) is 8.42 Å². The third-order valence-electron chi connectivity index (χ3n) is 6.10. The number of hydrogen-bond acceptors (Lipinski definition) is 7. The summed E-state index contributed by atoms with van der Waals surface area (Å²) in [6, 6.07) is 2.76. The summed E-state index contributed by atoms with van der Waals surface area (Å²) in [4.78, 5) is 5.41. The van der Waals surface area contributed by atoms with Crippen molar-refractivity contribution in [1.29, 1.82) is 0 Å². The van der Waals surface area contributed by atoms with Crippen molar-refractivity contribution in [2.45, 2.75) is 64.3 Å². The lowest BCUT2D eigenvalue weighted by Crippen LogP contribution is -2.50. The van der Waals surface area contributed by atoms with E-state index in [0.717, 1.165) is 51.1 Å². The largest absolute Gasteiger partial charge is 0.370 e. The minimum Gasteiger partial charge on any atom is -0.370 e. The molecule has 4 heterocycles. The van der Waals surface area contributed by atoms with Gasteiger partial charge in [0.05, 0.1) is 30.2 Å². The molecule has 0 radical (unpaired) electrons. The Bertz CT molecular complexity index is 968. The lowest BCUT2D eigenvalue weighted by Gasteiger charge is -2.47. The predicted octanol–water partition coefficient (Wildman–Crippen LogP) is 2.40. The Morgan fingerprint density at radius 2 is 2.24 bits per heavy atom. The molecular weight excluding hydrogens is 408 g/mol. The first-order valence-electron chi connectivity index (χ1n) is 10.3. The summed E-state index contributed by atoms with van der Waals surface area (Å²) in [6.45, 7) is 7.33. The molecule has 29 heavy (non-hydrogen) atoms. The first-order chi connectivity index (χ1) is 13.8. The van der Waals surface area contributed by atoms with Crippen LogP contribution in [-0.2, 0) is 46.1 Å². The molecule has 2 aromatic rings. The summed E-state index contributed by atoms with van der Waals surface area (Å²) in [5, 5.41) is 8.33. The van der Waals surface area contributed by atoms with Gasteiger partial charge in [-0.3, -0.25) is 9.58 Å². The first kappa shape index (κ1) is 21.0. The molecule has 0 bridgehead atoms. The van der Waals surface area contributed by atoms with Gasteiger partial charge in [-0.1, -0.05) is 12.1 Å². The zero-order chi connectivity index (χ0) is 20.6. The Kier molecular flexibility index (Phi) is 5.85. The Hall–Kier alpha value is -1.29. The molecule has 2 aromatic heterocycles. The van der Waals surface area contributed by atoms with Crippen LogP contribution in [0.4, 0.5) is 0 Å². The van der Waals surface area contributed by atoms with Crippen LogP contribution >= 0.6 is 11.3 Å². The maximum atomic E-state index is 11.3. The van der Waals surface area contributed by atoms with E-state index in [-0.39, 0.29) is 11.4 Å². The number of sulfone groups is 1. The third kappa shape index (κ3) is 4.57. The van der Waals surface area contributed by atoms with Crippen molar-refractivity contribution >= 4 is 21.2 Å². The maximum Gasteiger partial charge on any atom is 0.149 e. The van der Waals surface area contributed by atoms with E-state index in [2.05, 4.69) is 35.1 Å². The number of ether oxygens (including phenoxy) is 1. The van der Waals surface area contributed by atoms with Crippen molar-refractivity contribution in [1.82, 2.24) is 19.9 Å². The second-order valence-electron chi connectivity index (χ2n) is 8.37. The summed E-state index contributed by atoms with van der Waals surface area (Å²) in [7, 11) is -3.00. The van der Waals surface area contributed by atoms with E-state index in [1.165, 1.54) is 21.6 Å². The lowest BCUT2D eigenvalue weighted by atomic mass is 9.79. The first-order valence-corrected chi connectivity index (χ1v) is 13.2. The highest BCUT2D eigenvalue weighted by atomic mass is 32.2. The van der Waals surface area contributed by atoms with Gasteiger partial charge in [0.2, 0.25) is 0 Å². The molecule has 2 aliphatic heterocycles. The zero-order valence-electron chi connectivity index (χ0n) is 17.4. The fraction of sp³-hybridized carbons (Fsp3) is 0.700. The molecular formula is C20H30N4O3S2. The van der Waals surface area contributed by atoms with Crippen molar-refractivity contribution in [3.8, 4) is 0 Å². The van der Waals surface area contributed by atoms with E-state index in [4.69, 9.17) is 4.74 Å². The van der Waals surface area contributed by atoms with Crippen LogP contribution in [0.1, 0.15) is 47.7 Å². The molecule has 1 fully saturated rings.